The van der Waals surface area contributed by atoms with E-state index >= 15 is 0 Å². The molecule has 0 aliphatic carbocycles. The quantitative estimate of drug-likeness (QED) is 0.669. The molecule has 2 nitrogen and oxygen atoms in total. The van der Waals surface area contributed by atoms with Gasteiger partial charge in [-0.15, -0.1) is 0 Å². The summed E-state index contributed by atoms with van der Waals surface area (Å²) in [6.45, 7) is 4.38. The van der Waals surface area contributed by atoms with Gasteiger partial charge in [-0.05, 0) is 48.2 Å². The van der Waals surface area contributed by atoms with E-state index in [1.54, 1.807) is 12.1 Å². The molecule has 0 fully saturated rings. The number of hydrogen-bond donors (Lipinski definition) is 0. The van der Waals surface area contributed by atoms with Gasteiger partial charge in [-0.2, -0.15) is 0 Å². The van der Waals surface area contributed by atoms with Crippen LogP contribution in [0.5, 0.6) is 11.5 Å². The minimum absolute atomic E-state index is 0.533. The Hall–Kier alpha value is -1.61. The Morgan fingerprint density at radius 3 is 2.50 bits per heavy atom. The molecule has 0 heterocycles. The Morgan fingerprint density at radius 1 is 1.20 bits per heavy atom. The number of aldehydes is 1. The second-order valence-corrected chi connectivity index (χ2v) is 5.70. The number of carbonyl (C=O) groups is 1. The molecule has 104 valence electrons. The van der Waals surface area contributed by atoms with Crippen LogP contribution < -0.4 is 4.74 Å². The smallest absolute Gasteiger partial charge is 0.153 e. The molecule has 0 spiro atoms. The fourth-order valence-corrected chi connectivity index (χ4v) is 2.31. The second-order valence-electron chi connectivity index (χ2n) is 4.78. The summed E-state index contributed by atoms with van der Waals surface area (Å²) in [6.07, 6.45) is 1.91. The molecule has 1 atom stereocenters. The first-order valence-corrected chi connectivity index (χ1v) is 7.46. The van der Waals surface area contributed by atoms with E-state index in [-0.39, 0.29) is 0 Å². The molecule has 0 saturated carbocycles. The molecule has 0 bridgehead atoms. The molecule has 2 aromatic carbocycles. The molecule has 0 aliphatic rings. The van der Waals surface area contributed by atoms with Gasteiger partial charge >= 0.3 is 0 Å². The van der Waals surface area contributed by atoms with Crippen LogP contribution in [0.15, 0.2) is 46.9 Å². The van der Waals surface area contributed by atoms with Crippen molar-refractivity contribution in [2.75, 3.05) is 0 Å². The van der Waals surface area contributed by atoms with Gasteiger partial charge < -0.3 is 4.74 Å². The van der Waals surface area contributed by atoms with E-state index in [9.17, 15) is 4.79 Å². The molecule has 0 saturated heterocycles. The minimum Gasteiger partial charge on any atom is -0.457 e. The van der Waals surface area contributed by atoms with Gasteiger partial charge in [0.1, 0.15) is 11.5 Å². The van der Waals surface area contributed by atoms with Gasteiger partial charge in [0.05, 0.1) is 5.56 Å². The maximum Gasteiger partial charge on any atom is 0.153 e. The standard InChI is InChI=1S/C17H17BrO2/c1-3-12(2)13-4-7-16(8-5-13)20-17-9-6-15(18)10-14(17)11-19/h4-12H,3H2,1-2H3. The van der Waals surface area contributed by atoms with E-state index in [4.69, 9.17) is 4.74 Å². The summed E-state index contributed by atoms with van der Waals surface area (Å²) in [4.78, 5) is 11.1. The average Bonchev–Trinajstić information content (AvgIpc) is 2.49. The van der Waals surface area contributed by atoms with E-state index < -0.39 is 0 Å². The Kier molecular flexibility index (Phi) is 4.96. The summed E-state index contributed by atoms with van der Waals surface area (Å²) in [5.41, 5.74) is 1.83. The van der Waals surface area contributed by atoms with E-state index in [2.05, 4.69) is 41.9 Å². The van der Waals surface area contributed by atoms with E-state index in [0.29, 0.717) is 17.2 Å². The Morgan fingerprint density at radius 2 is 1.90 bits per heavy atom. The van der Waals surface area contributed by atoms with Crippen LogP contribution in [0.3, 0.4) is 0 Å². The fraction of sp³-hybridized carbons (Fsp3) is 0.235. The van der Waals surface area contributed by atoms with Crippen LogP contribution in [0.4, 0.5) is 0 Å². The van der Waals surface area contributed by atoms with Crippen molar-refractivity contribution in [3.05, 3.63) is 58.1 Å². The summed E-state index contributed by atoms with van der Waals surface area (Å²) in [7, 11) is 0. The monoisotopic (exact) mass is 332 g/mol. The largest absolute Gasteiger partial charge is 0.457 e. The zero-order chi connectivity index (χ0) is 14.5. The highest BCUT2D eigenvalue weighted by Gasteiger charge is 2.06. The van der Waals surface area contributed by atoms with Crippen molar-refractivity contribution in [2.45, 2.75) is 26.2 Å². The van der Waals surface area contributed by atoms with Crippen LogP contribution in [-0.4, -0.2) is 6.29 Å². The number of benzene rings is 2. The maximum absolute atomic E-state index is 11.1. The summed E-state index contributed by atoms with van der Waals surface area (Å²) in [5, 5.41) is 0. The van der Waals surface area contributed by atoms with Crippen LogP contribution in [0, 0.1) is 0 Å². The van der Waals surface area contributed by atoms with Crippen LogP contribution in [0.1, 0.15) is 42.1 Å². The first-order chi connectivity index (χ1) is 9.63. The highest BCUT2D eigenvalue weighted by molar-refractivity contribution is 9.10. The highest BCUT2D eigenvalue weighted by Crippen LogP contribution is 2.28. The Bertz CT molecular complexity index is 590. The maximum atomic E-state index is 11.1. The van der Waals surface area contributed by atoms with Gasteiger partial charge in [0.2, 0.25) is 0 Å². The van der Waals surface area contributed by atoms with Gasteiger partial charge in [-0.1, -0.05) is 41.9 Å². The predicted octanol–water partition coefficient (Wildman–Crippen LogP) is 5.57. The first-order valence-electron chi connectivity index (χ1n) is 6.66. The van der Waals surface area contributed by atoms with Crippen LogP contribution in [0.25, 0.3) is 0 Å². The van der Waals surface area contributed by atoms with Crippen molar-refractivity contribution >= 4 is 22.2 Å². The third-order valence-electron chi connectivity index (χ3n) is 3.39. The summed E-state index contributed by atoms with van der Waals surface area (Å²) in [6, 6.07) is 13.4. The third-order valence-corrected chi connectivity index (χ3v) is 3.88. The van der Waals surface area contributed by atoms with Crippen LogP contribution in [0.2, 0.25) is 0 Å². The molecule has 0 N–H and O–H groups in total. The molecule has 0 aromatic heterocycles. The molecule has 2 rings (SSSR count). The normalized spacial score (nSPS) is 11.9. The lowest BCUT2D eigenvalue weighted by molar-refractivity contribution is 0.112. The van der Waals surface area contributed by atoms with Gasteiger partial charge in [-0.25, -0.2) is 0 Å². The molecular formula is C17H17BrO2. The van der Waals surface area contributed by atoms with Crippen molar-refractivity contribution in [3.8, 4) is 11.5 Å². The van der Waals surface area contributed by atoms with E-state index in [1.807, 2.05) is 18.2 Å². The summed E-state index contributed by atoms with van der Waals surface area (Å²) < 4.78 is 6.63. The first kappa shape index (κ1) is 14.8. The molecule has 1 unspecified atom stereocenters. The molecule has 0 amide bonds. The number of carbonyl (C=O) groups excluding carboxylic acids is 1. The number of hydrogen-bond acceptors (Lipinski definition) is 2. The zero-order valence-electron chi connectivity index (χ0n) is 11.6. The third kappa shape index (κ3) is 3.48. The lowest BCUT2D eigenvalue weighted by atomic mass is 9.99. The lowest BCUT2D eigenvalue weighted by Crippen LogP contribution is -1.93. The molecule has 2 aromatic rings. The molecule has 3 heteroatoms. The highest BCUT2D eigenvalue weighted by atomic mass is 79.9. The molecule has 20 heavy (non-hydrogen) atoms. The average molecular weight is 333 g/mol. The topological polar surface area (TPSA) is 26.3 Å². The number of ether oxygens (including phenoxy) is 1. The molecule has 0 radical (unpaired) electrons. The second kappa shape index (κ2) is 6.71. The SMILES string of the molecule is CCC(C)c1ccc(Oc2ccc(Br)cc2C=O)cc1. The number of halogens is 1. The van der Waals surface area contributed by atoms with Crippen LogP contribution in [-0.2, 0) is 0 Å². The summed E-state index contributed by atoms with van der Waals surface area (Å²) >= 11 is 3.34. The van der Waals surface area contributed by atoms with Gasteiger partial charge in [0.25, 0.3) is 0 Å². The molecule has 0 aliphatic heterocycles. The Balaban J connectivity index is 2.20. The van der Waals surface area contributed by atoms with Crippen molar-refractivity contribution in [2.24, 2.45) is 0 Å². The Labute approximate surface area is 127 Å². The van der Waals surface area contributed by atoms with E-state index in [0.717, 1.165) is 22.9 Å². The minimum atomic E-state index is 0.533. The van der Waals surface area contributed by atoms with Crippen LogP contribution >= 0.6 is 15.9 Å². The molecular weight excluding hydrogens is 316 g/mol. The van der Waals surface area contributed by atoms with Gasteiger partial charge in [-0.3, -0.25) is 4.79 Å². The van der Waals surface area contributed by atoms with Crippen molar-refractivity contribution in [1.29, 1.82) is 0 Å². The fourth-order valence-electron chi connectivity index (χ4n) is 1.93. The van der Waals surface area contributed by atoms with Crippen molar-refractivity contribution in [3.63, 3.8) is 0 Å². The van der Waals surface area contributed by atoms with Gasteiger partial charge in [0, 0.05) is 4.47 Å². The van der Waals surface area contributed by atoms with Crippen molar-refractivity contribution < 1.29 is 9.53 Å². The lowest BCUT2D eigenvalue weighted by Gasteiger charge is -2.11. The predicted molar refractivity (Wildman–Crippen MR) is 84.8 cm³/mol. The van der Waals surface area contributed by atoms with Gasteiger partial charge in [0.15, 0.2) is 6.29 Å². The summed E-state index contributed by atoms with van der Waals surface area (Å²) in [5.74, 6) is 1.85. The van der Waals surface area contributed by atoms with Crippen molar-refractivity contribution in [1.82, 2.24) is 0 Å². The van der Waals surface area contributed by atoms with E-state index in [1.165, 1.54) is 5.56 Å². The number of rotatable bonds is 5. The zero-order valence-corrected chi connectivity index (χ0v) is 13.2.